The minimum Gasteiger partial charge on any atom is -0.382 e. The number of halogens is 3. The van der Waals surface area contributed by atoms with Crippen molar-refractivity contribution >= 4 is 63.1 Å². The smallest absolute Gasteiger partial charge is 0.251 e. The van der Waals surface area contributed by atoms with Crippen molar-refractivity contribution in [2.24, 2.45) is 5.11 Å². The normalized spacial score (nSPS) is 11.2. The molecule has 166 valence electrons. The van der Waals surface area contributed by atoms with E-state index < -0.39 is 0 Å². The molecule has 0 fully saturated rings. The predicted octanol–water partition coefficient (Wildman–Crippen LogP) is 7.58. The molecular weight excluding hydrogens is 558 g/mol. The van der Waals surface area contributed by atoms with Crippen molar-refractivity contribution in [1.82, 2.24) is 5.32 Å². The van der Waals surface area contributed by atoms with Gasteiger partial charge in [-0.2, -0.15) is 5.11 Å². The second-order valence-electron chi connectivity index (χ2n) is 8.01. The highest BCUT2D eigenvalue weighted by Crippen LogP contribution is 2.33. The van der Waals surface area contributed by atoms with Crippen LogP contribution in [0.25, 0.3) is 0 Å². The summed E-state index contributed by atoms with van der Waals surface area (Å²) in [6, 6.07) is 18.5. The predicted molar refractivity (Wildman–Crippen MR) is 140 cm³/mol. The van der Waals surface area contributed by atoms with Gasteiger partial charge < -0.3 is 10.6 Å². The van der Waals surface area contributed by atoms with Crippen LogP contribution in [-0.4, -0.2) is 12.5 Å². The van der Waals surface area contributed by atoms with Gasteiger partial charge >= 0.3 is 0 Å². The van der Waals surface area contributed by atoms with Gasteiger partial charge in [-0.25, -0.2) is 5.53 Å². The van der Waals surface area contributed by atoms with E-state index in [1.807, 2.05) is 36.4 Å². The number of nitrogens with one attached hydrogen (secondary N) is 3. The number of anilines is 1. The second-order valence-corrected chi connectivity index (χ2v) is 10.1. The van der Waals surface area contributed by atoms with E-state index in [0.29, 0.717) is 40.1 Å². The third kappa shape index (κ3) is 6.21. The molecule has 0 unspecified atom stereocenters. The van der Waals surface area contributed by atoms with E-state index in [1.165, 1.54) is 0 Å². The Morgan fingerprint density at radius 3 is 2.44 bits per heavy atom. The minimum atomic E-state index is -0.301. The lowest BCUT2D eigenvalue weighted by molar-refractivity contribution is 0.0951. The molecule has 0 spiro atoms. The van der Waals surface area contributed by atoms with Crippen LogP contribution in [0.5, 0.6) is 0 Å². The lowest BCUT2D eigenvalue weighted by Crippen LogP contribution is -2.28. The molecule has 0 bridgehead atoms. The Balaban J connectivity index is 1.68. The topological polar surface area (TPSA) is 77.3 Å². The van der Waals surface area contributed by atoms with Gasteiger partial charge in [0.05, 0.1) is 5.69 Å². The number of benzene rings is 3. The van der Waals surface area contributed by atoms with E-state index >= 15 is 0 Å². The maximum Gasteiger partial charge on any atom is 0.251 e. The van der Waals surface area contributed by atoms with Gasteiger partial charge in [0.25, 0.3) is 5.91 Å². The Labute approximate surface area is 211 Å². The molecule has 0 aliphatic heterocycles. The second kappa shape index (κ2) is 10.6. The molecule has 0 saturated heterocycles. The maximum atomic E-state index is 12.6. The van der Waals surface area contributed by atoms with Crippen molar-refractivity contribution in [1.29, 1.82) is 5.53 Å². The van der Waals surface area contributed by atoms with Crippen LogP contribution < -0.4 is 10.6 Å². The molecule has 3 aromatic rings. The summed E-state index contributed by atoms with van der Waals surface area (Å²) in [7, 11) is 0. The van der Waals surface area contributed by atoms with Gasteiger partial charge in [0, 0.05) is 37.7 Å². The highest BCUT2D eigenvalue weighted by molar-refractivity contribution is 14.1. The molecule has 0 aliphatic carbocycles. The van der Waals surface area contributed by atoms with Crippen molar-refractivity contribution in [2.45, 2.75) is 25.8 Å². The molecule has 0 radical (unpaired) electrons. The van der Waals surface area contributed by atoms with Crippen LogP contribution in [0.15, 0.2) is 65.8 Å². The van der Waals surface area contributed by atoms with E-state index in [1.54, 1.807) is 24.3 Å². The molecule has 5 nitrogen and oxygen atoms in total. The van der Waals surface area contributed by atoms with Crippen molar-refractivity contribution in [3.8, 4) is 0 Å². The molecule has 3 N–H and O–H groups in total. The molecule has 0 atom stereocenters. The SMILES string of the molecule is CC(C)(CNc1ccc(C(=O)NCc2ccc(I)cc2)cc1N=N)c1ccc(Cl)cc1Cl. The molecule has 0 heterocycles. The summed E-state index contributed by atoms with van der Waals surface area (Å²) in [5, 5.41) is 11.0. The molecular formula is C24H23Cl2IN4O. The number of hydrogen-bond donors (Lipinski definition) is 3. The first-order valence-corrected chi connectivity index (χ1v) is 11.8. The van der Waals surface area contributed by atoms with Gasteiger partial charge in [-0.15, -0.1) is 0 Å². The lowest BCUT2D eigenvalue weighted by Gasteiger charge is -2.27. The van der Waals surface area contributed by atoms with E-state index in [0.717, 1.165) is 14.7 Å². The number of amides is 1. The average Bonchev–Trinajstić information content (AvgIpc) is 2.76. The number of nitrogens with zero attached hydrogens (tertiary/aromatic N) is 1. The minimum absolute atomic E-state index is 0.215. The Kier molecular flexibility index (Phi) is 8.14. The standard InChI is InChI=1S/C24H23Cl2IN4O/c1-24(2,19-9-6-17(25)12-20(19)26)14-30-21-10-5-16(11-22(21)31-28)23(32)29-13-15-3-7-18(27)8-4-15/h3-12,28,30H,13-14H2,1-2H3,(H,29,32). The first kappa shape index (κ1) is 24.5. The highest BCUT2D eigenvalue weighted by Gasteiger charge is 2.24. The van der Waals surface area contributed by atoms with Gasteiger partial charge in [0.15, 0.2) is 0 Å². The third-order valence-corrected chi connectivity index (χ3v) is 6.39. The Morgan fingerprint density at radius 2 is 1.78 bits per heavy atom. The van der Waals surface area contributed by atoms with Gasteiger partial charge in [0.1, 0.15) is 5.69 Å². The fourth-order valence-corrected chi connectivity index (χ4v) is 4.28. The van der Waals surface area contributed by atoms with Crippen LogP contribution >= 0.6 is 45.8 Å². The molecule has 32 heavy (non-hydrogen) atoms. The van der Waals surface area contributed by atoms with Crippen LogP contribution in [0.1, 0.15) is 35.3 Å². The average molecular weight is 581 g/mol. The number of hydrogen-bond acceptors (Lipinski definition) is 4. The first-order valence-electron chi connectivity index (χ1n) is 9.93. The summed E-state index contributed by atoms with van der Waals surface area (Å²) in [5.74, 6) is -0.215. The largest absolute Gasteiger partial charge is 0.382 e. The zero-order valence-electron chi connectivity index (χ0n) is 17.7. The monoisotopic (exact) mass is 580 g/mol. The maximum absolute atomic E-state index is 12.6. The molecule has 8 heteroatoms. The Hall–Kier alpha value is -2.16. The van der Waals surface area contributed by atoms with Gasteiger partial charge in [-0.3, -0.25) is 4.79 Å². The summed E-state index contributed by atoms with van der Waals surface area (Å²) in [4.78, 5) is 12.6. The Morgan fingerprint density at radius 1 is 1.06 bits per heavy atom. The summed E-state index contributed by atoms with van der Waals surface area (Å²) < 4.78 is 1.14. The van der Waals surface area contributed by atoms with Crippen molar-refractivity contribution in [3.05, 3.63) is 91.0 Å². The lowest BCUT2D eigenvalue weighted by atomic mass is 9.84. The van der Waals surface area contributed by atoms with Crippen molar-refractivity contribution < 1.29 is 4.79 Å². The Bertz CT molecular complexity index is 1130. The number of carbonyl (C=O) groups is 1. The van der Waals surface area contributed by atoms with Crippen LogP contribution in [-0.2, 0) is 12.0 Å². The molecule has 3 rings (SSSR count). The third-order valence-electron chi connectivity index (χ3n) is 5.13. The molecule has 0 aromatic heterocycles. The summed E-state index contributed by atoms with van der Waals surface area (Å²) in [6.07, 6.45) is 0. The number of carbonyl (C=O) groups excluding carboxylic acids is 1. The van der Waals surface area contributed by atoms with Crippen LogP contribution in [0, 0.1) is 9.10 Å². The van der Waals surface area contributed by atoms with Crippen LogP contribution in [0.2, 0.25) is 10.0 Å². The summed E-state index contributed by atoms with van der Waals surface area (Å²) in [6.45, 7) is 5.12. The molecule has 0 saturated carbocycles. The number of rotatable bonds is 8. The zero-order valence-corrected chi connectivity index (χ0v) is 21.3. The first-order chi connectivity index (χ1) is 15.2. The van der Waals surface area contributed by atoms with Gasteiger partial charge in [0.2, 0.25) is 0 Å². The molecule has 3 aromatic carbocycles. The van der Waals surface area contributed by atoms with Gasteiger partial charge in [-0.05, 0) is 76.2 Å². The van der Waals surface area contributed by atoms with E-state index in [9.17, 15) is 4.79 Å². The van der Waals surface area contributed by atoms with Gasteiger partial charge in [-0.1, -0.05) is 55.2 Å². The highest BCUT2D eigenvalue weighted by atomic mass is 127. The van der Waals surface area contributed by atoms with E-state index in [-0.39, 0.29) is 11.3 Å². The summed E-state index contributed by atoms with van der Waals surface area (Å²) >= 11 is 14.6. The fourth-order valence-electron chi connectivity index (χ4n) is 3.25. The zero-order chi connectivity index (χ0) is 23.3. The van der Waals surface area contributed by atoms with Crippen LogP contribution in [0.4, 0.5) is 11.4 Å². The van der Waals surface area contributed by atoms with E-state index in [2.05, 4.69) is 52.2 Å². The fraction of sp³-hybridized carbons (Fsp3) is 0.208. The van der Waals surface area contributed by atoms with E-state index in [4.69, 9.17) is 28.7 Å². The van der Waals surface area contributed by atoms with Crippen molar-refractivity contribution in [2.75, 3.05) is 11.9 Å². The summed E-state index contributed by atoms with van der Waals surface area (Å²) in [5.41, 5.74) is 10.8. The van der Waals surface area contributed by atoms with Crippen LogP contribution in [0.3, 0.4) is 0 Å². The molecule has 0 aliphatic rings. The molecule has 1 amide bonds. The van der Waals surface area contributed by atoms with Crippen molar-refractivity contribution in [3.63, 3.8) is 0 Å². The quantitative estimate of drug-likeness (QED) is 0.190.